The summed E-state index contributed by atoms with van der Waals surface area (Å²) in [5.74, 6) is 0.153. The van der Waals surface area contributed by atoms with Crippen molar-refractivity contribution >= 4 is 17.4 Å². The molecule has 22 heavy (non-hydrogen) atoms. The Labute approximate surface area is 131 Å². The zero-order chi connectivity index (χ0) is 15.9. The van der Waals surface area contributed by atoms with Crippen LogP contribution in [0.1, 0.15) is 43.5 Å². The summed E-state index contributed by atoms with van der Waals surface area (Å²) >= 11 is 0. The van der Waals surface area contributed by atoms with Crippen LogP contribution in [0, 0.1) is 23.7 Å². The largest absolute Gasteiger partial charge is 0.325 e. The zero-order valence-corrected chi connectivity index (χ0v) is 13.3. The highest BCUT2D eigenvalue weighted by atomic mass is 16.2. The Morgan fingerprint density at radius 1 is 1.23 bits per heavy atom. The van der Waals surface area contributed by atoms with Gasteiger partial charge in [-0.1, -0.05) is 37.6 Å². The quantitative estimate of drug-likeness (QED) is 0.661. The fraction of sp³-hybridized carbons (Fsp3) is 0.474. The third kappa shape index (κ3) is 2.49. The highest BCUT2D eigenvalue weighted by Gasteiger charge is 2.44. The van der Waals surface area contributed by atoms with Gasteiger partial charge in [-0.25, -0.2) is 0 Å². The number of anilines is 1. The molecular formula is C19H23NO2. The first-order chi connectivity index (χ1) is 10.5. The number of nitrogens with one attached hydrogen (secondary N) is 1. The van der Waals surface area contributed by atoms with Gasteiger partial charge in [0.2, 0.25) is 5.91 Å². The Hall–Kier alpha value is -1.90. The first-order valence-corrected chi connectivity index (χ1v) is 8.08. The first kappa shape index (κ1) is 15.0. The standard InChI is InChI=1S/C19H23NO2/c1-11(2)13-9-8-12(3)10-15(13)17-18(21)14-6-4-5-7-16(14)20-19(17)22/h4-7,12-13,15,17H,1,8-10H2,2-3H3,(H,20,22)/t12?,13-,15+,17?/m0/s1. The maximum absolute atomic E-state index is 12.9. The number of hydrogen-bond acceptors (Lipinski definition) is 2. The number of Topliss-reactive ketones (excluding diaryl/α,β-unsaturated/α-hetero) is 1. The van der Waals surface area contributed by atoms with Crippen LogP contribution < -0.4 is 5.32 Å². The Bertz CT molecular complexity index is 634. The van der Waals surface area contributed by atoms with Crippen molar-refractivity contribution in [1.82, 2.24) is 0 Å². The lowest BCUT2D eigenvalue weighted by Gasteiger charge is -2.40. The summed E-state index contributed by atoms with van der Waals surface area (Å²) in [4.78, 5) is 25.5. The number of carbonyl (C=O) groups is 2. The molecule has 0 radical (unpaired) electrons. The molecule has 1 aliphatic heterocycles. The van der Waals surface area contributed by atoms with E-state index in [1.54, 1.807) is 6.07 Å². The minimum absolute atomic E-state index is 0.0234. The van der Waals surface area contributed by atoms with E-state index in [4.69, 9.17) is 0 Å². The molecule has 1 aromatic carbocycles. The number of ketones is 1. The second-order valence-electron chi connectivity index (χ2n) is 6.91. The lowest BCUT2D eigenvalue weighted by Crippen LogP contribution is -2.44. The van der Waals surface area contributed by atoms with Gasteiger partial charge in [-0.15, -0.1) is 0 Å². The van der Waals surface area contributed by atoms with Gasteiger partial charge in [0.05, 0.1) is 5.69 Å². The molecule has 0 spiro atoms. The molecule has 1 aliphatic carbocycles. The van der Waals surface area contributed by atoms with Crippen LogP contribution in [0.3, 0.4) is 0 Å². The zero-order valence-electron chi connectivity index (χ0n) is 13.3. The van der Waals surface area contributed by atoms with Gasteiger partial charge in [0.25, 0.3) is 0 Å². The average molecular weight is 297 g/mol. The highest BCUT2D eigenvalue weighted by Crippen LogP contribution is 2.44. The minimum Gasteiger partial charge on any atom is -0.325 e. The topological polar surface area (TPSA) is 46.2 Å². The maximum Gasteiger partial charge on any atom is 0.235 e. The van der Waals surface area contributed by atoms with Gasteiger partial charge >= 0.3 is 0 Å². The van der Waals surface area contributed by atoms with Crippen molar-refractivity contribution in [1.29, 1.82) is 0 Å². The third-order valence-corrected chi connectivity index (χ3v) is 5.24. The molecule has 116 valence electrons. The summed E-state index contributed by atoms with van der Waals surface area (Å²) in [5, 5.41) is 2.92. The van der Waals surface area contributed by atoms with Gasteiger partial charge in [-0.05, 0) is 49.7 Å². The summed E-state index contributed by atoms with van der Waals surface area (Å²) in [7, 11) is 0. The summed E-state index contributed by atoms with van der Waals surface area (Å²) in [6.07, 6.45) is 3.09. The van der Waals surface area contributed by atoms with Crippen molar-refractivity contribution in [3.63, 3.8) is 0 Å². The molecule has 1 aromatic rings. The molecular weight excluding hydrogens is 274 g/mol. The van der Waals surface area contributed by atoms with E-state index in [-0.39, 0.29) is 23.5 Å². The number of para-hydroxylation sites is 1. The number of fused-ring (bicyclic) bond motifs is 1. The number of carbonyl (C=O) groups excluding carboxylic acids is 2. The van der Waals surface area contributed by atoms with Crippen LogP contribution in [0.2, 0.25) is 0 Å². The van der Waals surface area contributed by atoms with Crippen molar-refractivity contribution in [2.45, 2.75) is 33.1 Å². The number of allylic oxidation sites excluding steroid dienone is 1. The van der Waals surface area contributed by atoms with Crippen LogP contribution in [-0.2, 0) is 4.79 Å². The molecule has 1 N–H and O–H groups in total. The van der Waals surface area contributed by atoms with E-state index < -0.39 is 5.92 Å². The summed E-state index contributed by atoms with van der Waals surface area (Å²) in [5.41, 5.74) is 2.38. The van der Waals surface area contributed by atoms with Crippen molar-refractivity contribution < 1.29 is 9.59 Å². The van der Waals surface area contributed by atoms with E-state index in [9.17, 15) is 9.59 Å². The molecule has 3 heteroatoms. The maximum atomic E-state index is 12.9. The van der Waals surface area contributed by atoms with Crippen LogP contribution in [0.4, 0.5) is 5.69 Å². The van der Waals surface area contributed by atoms with Gasteiger partial charge in [-0.2, -0.15) is 0 Å². The molecule has 0 aromatic heterocycles. The molecule has 0 bridgehead atoms. The second kappa shape index (κ2) is 5.71. The number of hydrogen-bond donors (Lipinski definition) is 1. The van der Waals surface area contributed by atoms with Crippen molar-refractivity contribution in [3.8, 4) is 0 Å². The van der Waals surface area contributed by atoms with Crippen molar-refractivity contribution in [2.75, 3.05) is 5.32 Å². The van der Waals surface area contributed by atoms with Crippen molar-refractivity contribution in [2.24, 2.45) is 23.7 Å². The molecule has 0 saturated heterocycles. The summed E-state index contributed by atoms with van der Waals surface area (Å²) in [6.45, 7) is 8.33. The molecule has 1 heterocycles. The van der Waals surface area contributed by atoms with Gasteiger partial charge in [0.15, 0.2) is 5.78 Å². The smallest absolute Gasteiger partial charge is 0.235 e. The molecule has 1 amide bonds. The number of benzene rings is 1. The summed E-state index contributed by atoms with van der Waals surface area (Å²) < 4.78 is 0. The Morgan fingerprint density at radius 2 is 1.95 bits per heavy atom. The van der Waals surface area contributed by atoms with Gasteiger partial charge in [0, 0.05) is 5.56 Å². The molecule has 3 rings (SSSR count). The second-order valence-corrected chi connectivity index (χ2v) is 6.91. The predicted molar refractivity (Wildman–Crippen MR) is 87.7 cm³/mol. The van der Waals surface area contributed by atoms with Crippen molar-refractivity contribution in [3.05, 3.63) is 42.0 Å². The first-order valence-electron chi connectivity index (χ1n) is 8.08. The normalized spacial score (nSPS) is 31.4. The molecule has 1 fully saturated rings. The molecule has 2 aliphatic rings. The van der Waals surface area contributed by atoms with E-state index in [1.165, 1.54) is 0 Å². The third-order valence-electron chi connectivity index (χ3n) is 5.24. The molecule has 4 atom stereocenters. The SMILES string of the molecule is C=C(C)[C@@H]1CCC(C)C[C@H]1C1C(=O)Nc2ccccc2C1=O. The van der Waals surface area contributed by atoms with E-state index in [2.05, 4.69) is 18.8 Å². The van der Waals surface area contributed by atoms with Gasteiger partial charge in [0.1, 0.15) is 5.92 Å². The highest BCUT2D eigenvalue weighted by molar-refractivity contribution is 6.21. The Balaban J connectivity index is 1.97. The van der Waals surface area contributed by atoms with Crippen LogP contribution in [-0.4, -0.2) is 11.7 Å². The fourth-order valence-corrected chi connectivity index (χ4v) is 4.10. The van der Waals surface area contributed by atoms with Crippen LogP contribution in [0.15, 0.2) is 36.4 Å². The summed E-state index contributed by atoms with van der Waals surface area (Å²) in [6, 6.07) is 7.30. The molecule has 1 saturated carbocycles. The van der Waals surface area contributed by atoms with Gasteiger partial charge in [-0.3, -0.25) is 9.59 Å². The lowest BCUT2D eigenvalue weighted by molar-refractivity contribution is -0.121. The monoisotopic (exact) mass is 297 g/mol. The van der Waals surface area contributed by atoms with E-state index >= 15 is 0 Å². The molecule has 2 unspecified atom stereocenters. The number of rotatable bonds is 2. The Morgan fingerprint density at radius 3 is 2.68 bits per heavy atom. The predicted octanol–water partition coefficient (Wildman–Crippen LogP) is 4.07. The minimum atomic E-state index is -0.570. The molecule has 3 nitrogen and oxygen atoms in total. The van der Waals surface area contributed by atoms with E-state index in [0.717, 1.165) is 24.8 Å². The average Bonchev–Trinajstić information content (AvgIpc) is 2.47. The van der Waals surface area contributed by atoms with Crippen LogP contribution in [0.25, 0.3) is 0 Å². The number of amides is 1. The lowest BCUT2D eigenvalue weighted by atomic mass is 9.64. The van der Waals surface area contributed by atoms with E-state index in [0.29, 0.717) is 17.2 Å². The van der Waals surface area contributed by atoms with Crippen LogP contribution in [0.5, 0.6) is 0 Å². The van der Waals surface area contributed by atoms with Crippen LogP contribution >= 0.6 is 0 Å². The van der Waals surface area contributed by atoms with E-state index in [1.807, 2.05) is 25.1 Å². The Kier molecular flexibility index (Phi) is 3.90. The van der Waals surface area contributed by atoms with Gasteiger partial charge < -0.3 is 5.32 Å². The fourth-order valence-electron chi connectivity index (χ4n) is 4.10.